The molecule has 1 aliphatic heterocycles. The van der Waals surface area contributed by atoms with Gasteiger partial charge in [-0.15, -0.1) is 12.4 Å². The van der Waals surface area contributed by atoms with Gasteiger partial charge in [0.1, 0.15) is 5.78 Å². The van der Waals surface area contributed by atoms with E-state index < -0.39 is 0 Å². The highest BCUT2D eigenvalue weighted by Gasteiger charge is 2.33. The Morgan fingerprint density at radius 1 is 1.18 bits per heavy atom. The van der Waals surface area contributed by atoms with Crippen LogP contribution in [0.4, 0.5) is 0 Å². The molecule has 0 spiro atoms. The van der Waals surface area contributed by atoms with E-state index in [4.69, 9.17) is 0 Å². The number of nitrogens with one attached hydrogen (secondary N) is 1. The van der Waals surface area contributed by atoms with Crippen molar-refractivity contribution in [1.29, 1.82) is 0 Å². The maximum absolute atomic E-state index is 11.4. The molecule has 11 heavy (non-hydrogen) atoms. The summed E-state index contributed by atoms with van der Waals surface area (Å²) in [6.07, 6.45) is 3.52. The first-order valence-electron chi connectivity index (χ1n) is 4.12. The van der Waals surface area contributed by atoms with Gasteiger partial charge < -0.3 is 5.32 Å². The van der Waals surface area contributed by atoms with Crippen LogP contribution < -0.4 is 5.32 Å². The SMILES string of the molecule is Cl.O=C1[C@@H]2CCC[C@H]1CNC2. The van der Waals surface area contributed by atoms with Crippen molar-refractivity contribution in [2.24, 2.45) is 11.8 Å². The van der Waals surface area contributed by atoms with Gasteiger partial charge >= 0.3 is 0 Å². The molecule has 0 aromatic heterocycles. The quantitative estimate of drug-likeness (QED) is 0.595. The Balaban J connectivity index is 0.000000605. The number of fused-ring (bicyclic) bond motifs is 2. The highest BCUT2D eigenvalue weighted by molar-refractivity contribution is 5.85. The summed E-state index contributed by atoms with van der Waals surface area (Å²) in [6, 6.07) is 0. The molecule has 2 bridgehead atoms. The van der Waals surface area contributed by atoms with E-state index in [0.717, 1.165) is 25.9 Å². The highest BCUT2D eigenvalue weighted by atomic mass is 35.5. The highest BCUT2D eigenvalue weighted by Crippen LogP contribution is 2.27. The third-order valence-corrected chi connectivity index (χ3v) is 2.69. The minimum atomic E-state index is 0. The van der Waals surface area contributed by atoms with E-state index in [9.17, 15) is 4.79 Å². The Labute approximate surface area is 73.1 Å². The van der Waals surface area contributed by atoms with Crippen molar-refractivity contribution in [3.8, 4) is 0 Å². The number of piperidine rings is 1. The van der Waals surface area contributed by atoms with E-state index >= 15 is 0 Å². The van der Waals surface area contributed by atoms with Crippen LogP contribution in [0.15, 0.2) is 0 Å². The van der Waals surface area contributed by atoms with Crippen molar-refractivity contribution in [1.82, 2.24) is 5.32 Å². The Morgan fingerprint density at radius 3 is 2.18 bits per heavy atom. The largest absolute Gasteiger partial charge is 0.315 e. The van der Waals surface area contributed by atoms with Crippen molar-refractivity contribution in [3.63, 3.8) is 0 Å². The van der Waals surface area contributed by atoms with E-state index in [1.54, 1.807) is 0 Å². The third-order valence-electron chi connectivity index (χ3n) is 2.69. The summed E-state index contributed by atoms with van der Waals surface area (Å²) in [6.45, 7) is 1.88. The number of rotatable bonds is 0. The van der Waals surface area contributed by atoms with Crippen molar-refractivity contribution < 1.29 is 4.79 Å². The summed E-state index contributed by atoms with van der Waals surface area (Å²) in [7, 11) is 0. The molecule has 1 N–H and O–H groups in total. The monoisotopic (exact) mass is 175 g/mol. The van der Waals surface area contributed by atoms with Crippen LogP contribution in [0, 0.1) is 11.8 Å². The van der Waals surface area contributed by atoms with Crippen LogP contribution in [-0.4, -0.2) is 18.9 Å². The first-order valence-corrected chi connectivity index (χ1v) is 4.12. The molecule has 2 rings (SSSR count). The number of hydrogen-bond donors (Lipinski definition) is 1. The van der Waals surface area contributed by atoms with E-state index in [-0.39, 0.29) is 12.4 Å². The fourth-order valence-corrected chi connectivity index (χ4v) is 2.07. The van der Waals surface area contributed by atoms with Gasteiger partial charge in [0.15, 0.2) is 0 Å². The fourth-order valence-electron chi connectivity index (χ4n) is 2.07. The maximum Gasteiger partial charge on any atom is 0.141 e. The average Bonchev–Trinajstić information content (AvgIpc) is 1.86. The molecule has 1 aliphatic carbocycles. The molecule has 0 unspecified atom stereocenters. The number of ketones is 1. The van der Waals surface area contributed by atoms with Crippen molar-refractivity contribution in [2.75, 3.05) is 13.1 Å². The van der Waals surface area contributed by atoms with Crippen LogP contribution in [0.3, 0.4) is 0 Å². The predicted octanol–water partition coefficient (Wildman–Crippen LogP) is 0.997. The zero-order chi connectivity index (χ0) is 6.97. The van der Waals surface area contributed by atoms with Gasteiger partial charge in [0.05, 0.1) is 0 Å². The standard InChI is InChI=1S/C8H13NO.ClH/c10-8-6-2-1-3-7(8)5-9-4-6;/h6-7,9H,1-5H2;1H/t6-,7+;. The van der Waals surface area contributed by atoms with Gasteiger partial charge in [-0.2, -0.15) is 0 Å². The lowest BCUT2D eigenvalue weighted by Gasteiger charge is -2.33. The lowest BCUT2D eigenvalue weighted by atomic mass is 9.77. The molecular weight excluding hydrogens is 162 g/mol. The number of halogens is 1. The topological polar surface area (TPSA) is 29.1 Å². The van der Waals surface area contributed by atoms with Crippen molar-refractivity contribution in [3.05, 3.63) is 0 Å². The Hall–Kier alpha value is -0.0800. The molecule has 64 valence electrons. The Bertz CT molecular complexity index is 136. The summed E-state index contributed by atoms with van der Waals surface area (Å²) < 4.78 is 0. The number of carbonyl (C=O) groups is 1. The predicted molar refractivity (Wildman–Crippen MR) is 46.0 cm³/mol. The van der Waals surface area contributed by atoms with Gasteiger partial charge in [-0.25, -0.2) is 0 Å². The van der Waals surface area contributed by atoms with Crippen LogP contribution in [0.5, 0.6) is 0 Å². The summed E-state index contributed by atoms with van der Waals surface area (Å²) in [4.78, 5) is 11.4. The van der Waals surface area contributed by atoms with Gasteiger partial charge in [-0.05, 0) is 12.8 Å². The second-order valence-electron chi connectivity index (χ2n) is 3.39. The van der Waals surface area contributed by atoms with E-state index in [1.165, 1.54) is 6.42 Å². The second-order valence-corrected chi connectivity index (χ2v) is 3.39. The lowest BCUT2D eigenvalue weighted by Crippen LogP contribution is -2.46. The summed E-state index contributed by atoms with van der Waals surface area (Å²) in [5, 5.41) is 3.30. The minimum absolute atomic E-state index is 0. The van der Waals surface area contributed by atoms with Crippen molar-refractivity contribution >= 4 is 18.2 Å². The van der Waals surface area contributed by atoms with E-state index in [2.05, 4.69) is 5.32 Å². The lowest BCUT2D eigenvalue weighted by molar-refractivity contribution is -0.130. The molecule has 2 aliphatic rings. The molecule has 3 heteroatoms. The van der Waals surface area contributed by atoms with Crippen LogP contribution in [0.1, 0.15) is 19.3 Å². The number of Topliss-reactive ketones (excluding diaryl/α,β-unsaturated/α-hetero) is 1. The summed E-state index contributed by atoms with van der Waals surface area (Å²) in [5.74, 6) is 1.27. The molecule has 0 aromatic rings. The van der Waals surface area contributed by atoms with Gasteiger partial charge in [0, 0.05) is 24.9 Å². The van der Waals surface area contributed by atoms with Gasteiger partial charge in [0.25, 0.3) is 0 Å². The normalized spacial score (nSPS) is 36.2. The molecule has 0 aromatic carbocycles. The summed E-state index contributed by atoms with van der Waals surface area (Å²) >= 11 is 0. The molecule has 2 nitrogen and oxygen atoms in total. The fraction of sp³-hybridized carbons (Fsp3) is 0.875. The van der Waals surface area contributed by atoms with Crippen LogP contribution in [0.25, 0.3) is 0 Å². The van der Waals surface area contributed by atoms with E-state index in [1.807, 2.05) is 0 Å². The molecule has 1 saturated heterocycles. The Kier molecular flexibility index (Phi) is 2.90. The van der Waals surface area contributed by atoms with Gasteiger partial charge in [-0.1, -0.05) is 6.42 Å². The zero-order valence-corrected chi connectivity index (χ0v) is 7.32. The molecule has 1 saturated carbocycles. The average molecular weight is 176 g/mol. The van der Waals surface area contributed by atoms with Crippen LogP contribution in [-0.2, 0) is 4.79 Å². The molecule has 2 atom stereocenters. The van der Waals surface area contributed by atoms with Crippen molar-refractivity contribution in [2.45, 2.75) is 19.3 Å². The maximum atomic E-state index is 11.4. The van der Waals surface area contributed by atoms with Crippen LogP contribution in [0.2, 0.25) is 0 Å². The smallest absolute Gasteiger partial charge is 0.141 e. The van der Waals surface area contributed by atoms with E-state index in [0.29, 0.717) is 17.6 Å². The van der Waals surface area contributed by atoms with Gasteiger partial charge in [0.2, 0.25) is 0 Å². The third kappa shape index (κ3) is 1.57. The first-order chi connectivity index (χ1) is 4.88. The Morgan fingerprint density at radius 2 is 1.73 bits per heavy atom. The first kappa shape index (κ1) is 9.01. The number of carbonyl (C=O) groups excluding carboxylic acids is 1. The van der Waals surface area contributed by atoms with Crippen LogP contribution >= 0.6 is 12.4 Å². The minimum Gasteiger partial charge on any atom is -0.315 e. The zero-order valence-electron chi connectivity index (χ0n) is 6.51. The molecule has 2 fully saturated rings. The number of hydrogen-bond acceptors (Lipinski definition) is 2. The molecule has 0 amide bonds. The molecule has 0 radical (unpaired) electrons. The van der Waals surface area contributed by atoms with Gasteiger partial charge in [-0.3, -0.25) is 4.79 Å². The second kappa shape index (κ2) is 3.55. The molecule has 1 heterocycles. The summed E-state index contributed by atoms with van der Waals surface area (Å²) in [5.41, 5.74) is 0. The molecular formula is C8H14ClNO.